The first-order valence-electron chi connectivity index (χ1n) is 12.4. The van der Waals surface area contributed by atoms with Gasteiger partial charge in [-0.25, -0.2) is 4.39 Å². The van der Waals surface area contributed by atoms with Gasteiger partial charge in [-0.15, -0.1) is 0 Å². The first-order chi connectivity index (χ1) is 17.2. The van der Waals surface area contributed by atoms with E-state index in [1.54, 1.807) is 18.2 Å². The molecule has 0 radical (unpaired) electrons. The third-order valence-corrected chi connectivity index (χ3v) is 6.10. The van der Waals surface area contributed by atoms with Crippen LogP contribution in [0, 0.1) is 11.7 Å². The number of rotatable bonds is 8. The van der Waals surface area contributed by atoms with Crippen LogP contribution in [0.2, 0.25) is 0 Å². The highest BCUT2D eigenvalue weighted by atomic mass is 19.1. The van der Waals surface area contributed by atoms with E-state index in [0.29, 0.717) is 24.5 Å². The number of halogens is 1. The standard InChI is InChI=1S/C29H33FN2O4/c1-18(2)14-27(33)32-13-12-20-8-9-23(16-25(20)28(32)21-6-5-7-22(30)15-21)35-17-24-10-11-26(36-24)29(34)31-19(3)4/h5-11,15-16,18-19,28H,12-14,17H2,1-4H3,(H,31,34)/t28-/m0/s1. The predicted octanol–water partition coefficient (Wildman–Crippen LogP) is 5.66. The second kappa shape index (κ2) is 11.0. The highest BCUT2D eigenvalue weighted by molar-refractivity contribution is 5.91. The number of ether oxygens (including phenoxy) is 1. The van der Waals surface area contributed by atoms with Gasteiger partial charge >= 0.3 is 0 Å². The fourth-order valence-electron chi connectivity index (χ4n) is 4.52. The molecule has 3 aromatic rings. The fraction of sp³-hybridized carbons (Fsp3) is 0.379. The molecule has 36 heavy (non-hydrogen) atoms. The number of carbonyl (C=O) groups is 2. The average molecular weight is 493 g/mol. The molecule has 2 aromatic carbocycles. The second-order valence-electron chi connectivity index (χ2n) is 9.94. The molecule has 2 amide bonds. The summed E-state index contributed by atoms with van der Waals surface area (Å²) in [6.45, 7) is 8.53. The number of nitrogens with one attached hydrogen (secondary N) is 1. The molecule has 0 aliphatic carbocycles. The Bertz CT molecular complexity index is 1230. The number of hydrogen-bond donors (Lipinski definition) is 1. The van der Waals surface area contributed by atoms with Gasteiger partial charge in [0.25, 0.3) is 5.91 Å². The first kappa shape index (κ1) is 25.5. The van der Waals surface area contributed by atoms with Crippen LogP contribution in [-0.4, -0.2) is 29.3 Å². The Labute approximate surface area is 211 Å². The number of nitrogens with zero attached hydrogens (tertiary/aromatic N) is 1. The summed E-state index contributed by atoms with van der Waals surface area (Å²) in [4.78, 5) is 27.2. The van der Waals surface area contributed by atoms with Crippen LogP contribution in [0.1, 0.15) is 73.2 Å². The number of furan rings is 1. The summed E-state index contributed by atoms with van der Waals surface area (Å²) in [6.07, 6.45) is 1.15. The minimum atomic E-state index is -0.394. The smallest absolute Gasteiger partial charge is 0.287 e. The van der Waals surface area contributed by atoms with Crippen LogP contribution < -0.4 is 10.1 Å². The quantitative estimate of drug-likeness (QED) is 0.441. The lowest BCUT2D eigenvalue weighted by molar-refractivity contribution is -0.134. The van der Waals surface area contributed by atoms with Gasteiger partial charge in [-0.2, -0.15) is 0 Å². The van der Waals surface area contributed by atoms with Gasteiger partial charge in [-0.3, -0.25) is 9.59 Å². The van der Waals surface area contributed by atoms with Crippen molar-refractivity contribution in [2.24, 2.45) is 5.92 Å². The normalized spacial score (nSPS) is 15.2. The molecule has 1 N–H and O–H groups in total. The molecule has 0 unspecified atom stereocenters. The summed E-state index contributed by atoms with van der Waals surface area (Å²) >= 11 is 0. The van der Waals surface area contributed by atoms with E-state index >= 15 is 0 Å². The topological polar surface area (TPSA) is 71.8 Å². The lowest BCUT2D eigenvalue weighted by Crippen LogP contribution is -2.41. The molecule has 1 atom stereocenters. The third kappa shape index (κ3) is 5.96. The van der Waals surface area contributed by atoms with Crippen molar-refractivity contribution in [1.82, 2.24) is 10.2 Å². The molecule has 2 heterocycles. The second-order valence-corrected chi connectivity index (χ2v) is 9.94. The number of carbonyl (C=O) groups excluding carboxylic acids is 2. The maximum atomic E-state index is 14.2. The zero-order valence-electron chi connectivity index (χ0n) is 21.2. The van der Waals surface area contributed by atoms with Crippen molar-refractivity contribution in [2.75, 3.05) is 6.54 Å². The van der Waals surface area contributed by atoms with E-state index in [4.69, 9.17) is 9.15 Å². The predicted molar refractivity (Wildman–Crippen MR) is 135 cm³/mol. The van der Waals surface area contributed by atoms with Gasteiger partial charge in [0.15, 0.2) is 5.76 Å². The Morgan fingerprint density at radius 3 is 2.64 bits per heavy atom. The summed E-state index contributed by atoms with van der Waals surface area (Å²) in [7, 11) is 0. The van der Waals surface area contributed by atoms with Crippen LogP contribution in [0.25, 0.3) is 0 Å². The lowest BCUT2D eigenvalue weighted by Gasteiger charge is -2.38. The highest BCUT2D eigenvalue weighted by Crippen LogP contribution is 2.38. The molecule has 0 bridgehead atoms. The Morgan fingerprint density at radius 2 is 1.92 bits per heavy atom. The van der Waals surface area contributed by atoms with E-state index in [9.17, 15) is 14.0 Å². The largest absolute Gasteiger partial charge is 0.486 e. The maximum Gasteiger partial charge on any atom is 0.287 e. The SMILES string of the molecule is CC(C)CC(=O)N1CCc2ccc(OCc3ccc(C(=O)NC(C)C)o3)cc2[C@@H]1c1cccc(F)c1. The van der Waals surface area contributed by atoms with Gasteiger partial charge in [0.2, 0.25) is 5.91 Å². The maximum absolute atomic E-state index is 14.2. The molecule has 190 valence electrons. The Morgan fingerprint density at radius 1 is 1.11 bits per heavy atom. The van der Waals surface area contributed by atoms with Crippen molar-refractivity contribution in [2.45, 2.75) is 59.2 Å². The van der Waals surface area contributed by atoms with Crippen LogP contribution in [0.15, 0.2) is 59.0 Å². The summed E-state index contributed by atoms with van der Waals surface area (Å²) in [6, 6.07) is 15.2. The van der Waals surface area contributed by atoms with Gasteiger partial charge in [0, 0.05) is 19.0 Å². The number of amides is 2. The van der Waals surface area contributed by atoms with E-state index in [1.807, 2.05) is 56.9 Å². The van der Waals surface area contributed by atoms with Crippen molar-refractivity contribution < 1.29 is 23.1 Å². The molecule has 0 fully saturated rings. The van der Waals surface area contributed by atoms with Crippen LogP contribution in [-0.2, 0) is 17.8 Å². The molecule has 0 spiro atoms. The summed E-state index contributed by atoms with van der Waals surface area (Å²) in [5.74, 6) is 1.04. The van der Waals surface area contributed by atoms with E-state index in [2.05, 4.69) is 5.32 Å². The Hall–Kier alpha value is -3.61. The average Bonchev–Trinajstić information content (AvgIpc) is 3.30. The third-order valence-electron chi connectivity index (χ3n) is 6.10. The van der Waals surface area contributed by atoms with Crippen molar-refractivity contribution in [1.29, 1.82) is 0 Å². The molecule has 7 heteroatoms. The molecule has 6 nitrogen and oxygen atoms in total. The van der Waals surface area contributed by atoms with Gasteiger partial charge < -0.3 is 19.4 Å². The minimum Gasteiger partial charge on any atom is -0.486 e. The van der Waals surface area contributed by atoms with E-state index < -0.39 is 6.04 Å². The van der Waals surface area contributed by atoms with Gasteiger partial charge in [-0.1, -0.05) is 32.0 Å². The van der Waals surface area contributed by atoms with Crippen LogP contribution in [0.3, 0.4) is 0 Å². The molecule has 4 rings (SSSR count). The number of hydrogen-bond acceptors (Lipinski definition) is 4. The van der Waals surface area contributed by atoms with Gasteiger partial charge in [-0.05, 0) is 79.3 Å². The van der Waals surface area contributed by atoms with Gasteiger partial charge in [0.1, 0.15) is 23.9 Å². The highest BCUT2D eigenvalue weighted by Gasteiger charge is 2.32. The molecular formula is C29H33FN2O4. The zero-order valence-corrected chi connectivity index (χ0v) is 21.2. The molecule has 0 saturated heterocycles. The fourth-order valence-corrected chi connectivity index (χ4v) is 4.52. The first-order valence-corrected chi connectivity index (χ1v) is 12.4. The monoisotopic (exact) mass is 492 g/mol. The lowest BCUT2D eigenvalue weighted by atomic mass is 9.87. The van der Waals surface area contributed by atoms with Crippen LogP contribution >= 0.6 is 0 Å². The molecule has 1 aliphatic rings. The molecule has 1 aliphatic heterocycles. The van der Waals surface area contributed by atoms with Crippen LogP contribution in [0.4, 0.5) is 4.39 Å². The molecular weight excluding hydrogens is 459 g/mol. The van der Waals surface area contributed by atoms with Crippen molar-refractivity contribution >= 4 is 11.8 Å². The van der Waals surface area contributed by atoms with Crippen LogP contribution in [0.5, 0.6) is 5.75 Å². The number of fused-ring (bicyclic) bond motifs is 1. The number of benzene rings is 2. The Kier molecular flexibility index (Phi) is 7.77. The summed E-state index contributed by atoms with van der Waals surface area (Å²) < 4.78 is 25.8. The summed E-state index contributed by atoms with van der Waals surface area (Å²) in [5.41, 5.74) is 2.77. The molecule has 0 saturated carbocycles. The molecule has 1 aromatic heterocycles. The van der Waals surface area contributed by atoms with Crippen molar-refractivity contribution in [3.63, 3.8) is 0 Å². The van der Waals surface area contributed by atoms with Crippen molar-refractivity contribution in [3.8, 4) is 5.75 Å². The summed E-state index contributed by atoms with van der Waals surface area (Å²) in [5, 5.41) is 2.80. The van der Waals surface area contributed by atoms with Crippen molar-refractivity contribution in [3.05, 3.63) is 88.6 Å². The van der Waals surface area contributed by atoms with E-state index in [1.165, 1.54) is 12.1 Å². The Balaban J connectivity index is 1.58. The van der Waals surface area contributed by atoms with E-state index in [-0.39, 0.29) is 42.0 Å². The van der Waals surface area contributed by atoms with E-state index in [0.717, 1.165) is 23.1 Å². The zero-order chi connectivity index (χ0) is 25.8. The minimum absolute atomic E-state index is 0.0100. The van der Waals surface area contributed by atoms with Gasteiger partial charge in [0.05, 0.1) is 6.04 Å².